The minimum Gasteiger partial charge on any atom is -0.456 e. The van der Waals surface area contributed by atoms with Gasteiger partial charge in [-0.15, -0.1) is 0 Å². The maximum atomic E-state index is 7.06. The molecular weight excluding hydrogens is 999 g/mol. The molecule has 0 fully saturated rings. The zero-order valence-electron chi connectivity index (χ0n) is 47.2. The Morgan fingerprint density at radius 1 is 0.280 bits per heavy atom. The lowest BCUT2D eigenvalue weighted by molar-refractivity contribution is 0.600. The van der Waals surface area contributed by atoms with Crippen LogP contribution in [0.15, 0.2) is 213 Å². The summed E-state index contributed by atoms with van der Waals surface area (Å²) in [5.41, 5.74) is 30.8. The summed E-state index contributed by atoms with van der Waals surface area (Å²) in [5.74, 6) is 0. The van der Waals surface area contributed by atoms with Gasteiger partial charge in [0.25, 0.3) is 0 Å². The standard InChI is InChI=1S/C78H57NO3/c1-75(2)56-24-14-9-19-46(56)47-33-29-42(37-58(47)75)55-41-61-66(68-53-22-12-17-27-63(53)81-73(55)68)51-35-31-43(38-59(51)76(61,3)4)79(45-30-34-49-48-20-11-16-26-62(48)80-65(49)40-45)44-32-36-52-60(39-44)78(7,8)71-67(52)69-54-23-13-18-28-64(54)82-74(69)70-50-21-10-15-25-57(50)77(5,6)72(70)71/h9-41H,1-8H3. The third-order valence-electron chi connectivity index (χ3n) is 20.2. The number of fused-ring (bicyclic) bond motifs is 25. The molecule has 18 rings (SSSR count). The second-order valence-electron chi connectivity index (χ2n) is 25.9. The highest BCUT2D eigenvalue weighted by Crippen LogP contribution is 2.64. The highest BCUT2D eigenvalue weighted by atomic mass is 16.3. The number of para-hydroxylation sites is 3. The monoisotopic (exact) mass is 1060 g/mol. The smallest absolute Gasteiger partial charge is 0.144 e. The molecule has 3 aromatic heterocycles. The summed E-state index contributed by atoms with van der Waals surface area (Å²) in [5, 5.41) is 6.90. The molecule has 11 aromatic carbocycles. The molecule has 3 heterocycles. The van der Waals surface area contributed by atoms with E-state index >= 15 is 0 Å². The number of nitrogens with zero attached hydrogens (tertiary/aromatic N) is 1. The Morgan fingerprint density at radius 3 is 1.44 bits per heavy atom. The molecule has 392 valence electrons. The number of benzene rings is 11. The number of anilines is 3. The molecular formula is C78H57NO3. The van der Waals surface area contributed by atoms with Crippen LogP contribution in [0.5, 0.6) is 0 Å². The molecule has 0 aliphatic heterocycles. The van der Waals surface area contributed by atoms with Gasteiger partial charge in [0.15, 0.2) is 0 Å². The topological polar surface area (TPSA) is 42.7 Å². The van der Waals surface area contributed by atoms with Gasteiger partial charge in [0.2, 0.25) is 0 Å². The molecule has 4 heteroatoms. The van der Waals surface area contributed by atoms with Gasteiger partial charge in [-0.2, -0.15) is 0 Å². The van der Waals surface area contributed by atoms with Gasteiger partial charge >= 0.3 is 0 Å². The predicted octanol–water partition coefficient (Wildman–Crippen LogP) is 21.7. The van der Waals surface area contributed by atoms with Crippen LogP contribution in [0.1, 0.15) is 99.9 Å². The van der Waals surface area contributed by atoms with Crippen LogP contribution in [0, 0.1) is 0 Å². The van der Waals surface area contributed by atoms with Gasteiger partial charge in [0, 0.05) is 88.2 Å². The van der Waals surface area contributed by atoms with Gasteiger partial charge in [-0.3, -0.25) is 0 Å². The van der Waals surface area contributed by atoms with E-state index in [0.717, 1.165) is 77.7 Å². The van der Waals surface area contributed by atoms with Crippen molar-refractivity contribution in [2.24, 2.45) is 0 Å². The van der Waals surface area contributed by atoms with Crippen LogP contribution >= 0.6 is 0 Å². The summed E-state index contributed by atoms with van der Waals surface area (Å²) in [4.78, 5) is 2.47. The summed E-state index contributed by atoms with van der Waals surface area (Å²) in [6.07, 6.45) is 0. The minimum absolute atomic E-state index is 0.137. The van der Waals surface area contributed by atoms with Crippen molar-refractivity contribution in [2.75, 3.05) is 4.90 Å². The zero-order chi connectivity index (χ0) is 55.1. The Kier molecular flexibility index (Phi) is 8.67. The van der Waals surface area contributed by atoms with Crippen LogP contribution in [-0.4, -0.2) is 0 Å². The fraction of sp³-hybridized carbons (Fsp3) is 0.154. The average molecular weight is 1060 g/mol. The first-order valence-electron chi connectivity index (χ1n) is 29.1. The van der Waals surface area contributed by atoms with Crippen LogP contribution in [0.3, 0.4) is 0 Å². The summed E-state index contributed by atoms with van der Waals surface area (Å²) >= 11 is 0. The Balaban J connectivity index is 0.848. The van der Waals surface area contributed by atoms with Crippen LogP contribution in [0.2, 0.25) is 0 Å². The van der Waals surface area contributed by atoms with E-state index < -0.39 is 0 Å². The molecule has 0 N–H and O–H groups in total. The van der Waals surface area contributed by atoms with Crippen molar-refractivity contribution in [2.45, 2.75) is 77.0 Å². The lowest BCUT2D eigenvalue weighted by Crippen LogP contribution is -2.24. The van der Waals surface area contributed by atoms with Crippen molar-refractivity contribution in [3.63, 3.8) is 0 Å². The molecule has 0 radical (unpaired) electrons. The normalized spacial score (nSPS) is 16.0. The molecule has 14 aromatic rings. The fourth-order valence-corrected chi connectivity index (χ4v) is 16.3. The molecule has 0 bridgehead atoms. The highest BCUT2D eigenvalue weighted by Gasteiger charge is 2.49. The SMILES string of the molecule is CC1(C)c2ccccc2-c2ccc(-c3cc4c(c5c3oc3ccccc35)-c3ccc(N(c5ccc6c(c5)C(C)(C)c5c7c(c8oc9ccccc9c8c5-6)-c5ccccc5C7(C)C)c5ccc6c(c5)oc5ccccc56)cc3C4(C)C)cc21. The number of hydrogen-bond acceptors (Lipinski definition) is 4. The quantitative estimate of drug-likeness (QED) is 0.176. The number of furan rings is 3. The molecule has 0 saturated heterocycles. The third-order valence-corrected chi connectivity index (χ3v) is 20.2. The first kappa shape index (κ1) is 46.4. The van der Waals surface area contributed by atoms with E-state index in [-0.39, 0.29) is 21.7 Å². The van der Waals surface area contributed by atoms with E-state index in [1.54, 1.807) is 0 Å². The first-order chi connectivity index (χ1) is 39.7. The van der Waals surface area contributed by atoms with E-state index in [0.29, 0.717) is 0 Å². The molecule has 4 nitrogen and oxygen atoms in total. The van der Waals surface area contributed by atoms with E-state index in [9.17, 15) is 0 Å². The van der Waals surface area contributed by atoms with Gasteiger partial charge < -0.3 is 18.2 Å². The van der Waals surface area contributed by atoms with Crippen molar-refractivity contribution < 1.29 is 13.3 Å². The van der Waals surface area contributed by atoms with Crippen LogP contribution in [0.4, 0.5) is 17.1 Å². The van der Waals surface area contributed by atoms with Crippen molar-refractivity contribution in [3.05, 3.63) is 245 Å². The summed E-state index contributed by atoms with van der Waals surface area (Å²) in [6.45, 7) is 19.3. The van der Waals surface area contributed by atoms with E-state index in [4.69, 9.17) is 13.3 Å². The number of rotatable bonds is 4. The fourth-order valence-electron chi connectivity index (χ4n) is 16.3. The van der Waals surface area contributed by atoms with Gasteiger partial charge in [-0.25, -0.2) is 0 Å². The van der Waals surface area contributed by atoms with Crippen molar-refractivity contribution >= 4 is 82.9 Å². The molecule has 0 spiro atoms. The van der Waals surface area contributed by atoms with Gasteiger partial charge in [0.1, 0.15) is 33.5 Å². The van der Waals surface area contributed by atoms with E-state index in [1.165, 1.54) is 105 Å². The molecule has 4 aliphatic rings. The Bertz CT molecular complexity index is 5240. The Hall–Kier alpha value is -9.38. The Labute approximate surface area is 475 Å². The van der Waals surface area contributed by atoms with Crippen LogP contribution < -0.4 is 4.90 Å². The van der Waals surface area contributed by atoms with Gasteiger partial charge in [0.05, 0.1) is 0 Å². The van der Waals surface area contributed by atoms with E-state index in [2.05, 4.69) is 260 Å². The van der Waals surface area contributed by atoms with Crippen LogP contribution in [-0.2, 0) is 21.7 Å². The van der Waals surface area contributed by atoms with Crippen molar-refractivity contribution in [1.82, 2.24) is 0 Å². The molecule has 82 heavy (non-hydrogen) atoms. The maximum absolute atomic E-state index is 7.06. The Morgan fingerprint density at radius 2 is 0.732 bits per heavy atom. The number of hydrogen-bond donors (Lipinski definition) is 0. The largest absolute Gasteiger partial charge is 0.456 e. The average Bonchev–Trinajstić information content (AvgIpc) is 2.52. The second kappa shape index (κ2) is 15.3. The summed E-state index contributed by atoms with van der Waals surface area (Å²) in [7, 11) is 0. The summed E-state index contributed by atoms with van der Waals surface area (Å²) in [6, 6.07) is 74.3. The lowest BCUT2D eigenvalue weighted by atomic mass is 9.72. The van der Waals surface area contributed by atoms with Crippen LogP contribution in [0.25, 0.3) is 121 Å². The second-order valence-corrected chi connectivity index (χ2v) is 25.9. The third kappa shape index (κ3) is 5.67. The first-order valence-corrected chi connectivity index (χ1v) is 29.1. The molecule has 4 aliphatic carbocycles. The van der Waals surface area contributed by atoms with Gasteiger partial charge in [-0.05, 0) is 156 Å². The molecule has 0 unspecified atom stereocenters. The van der Waals surface area contributed by atoms with E-state index in [1.807, 2.05) is 0 Å². The lowest BCUT2D eigenvalue weighted by Gasteiger charge is -2.32. The predicted molar refractivity (Wildman–Crippen MR) is 339 cm³/mol. The van der Waals surface area contributed by atoms with Gasteiger partial charge in [-0.1, -0.05) is 183 Å². The molecule has 0 atom stereocenters. The highest BCUT2D eigenvalue weighted by molar-refractivity contribution is 6.22. The zero-order valence-corrected chi connectivity index (χ0v) is 47.2. The van der Waals surface area contributed by atoms with Crippen molar-refractivity contribution in [3.8, 4) is 55.6 Å². The maximum Gasteiger partial charge on any atom is 0.144 e. The summed E-state index contributed by atoms with van der Waals surface area (Å²) < 4.78 is 20.8. The van der Waals surface area contributed by atoms with Crippen molar-refractivity contribution in [1.29, 1.82) is 0 Å². The minimum atomic E-state index is -0.381. The molecule has 0 amide bonds. The molecule has 0 saturated carbocycles.